The van der Waals surface area contributed by atoms with Gasteiger partial charge in [-0.15, -0.1) is 0 Å². The van der Waals surface area contributed by atoms with Crippen molar-refractivity contribution in [2.45, 2.75) is 33.6 Å². The van der Waals surface area contributed by atoms with Crippen LogP contribution in [-0.4, -0.2) is 25.2 Å². The highest BCUT2D eigenvalue weighted by atomic mass is 16.6. The highest BCUT2D eigenvalue weighted by molar-refractivity contribution is 5.96. The molecule has 4 heteroatoms. The number of ether oxygens (including phenoxy) is 2. The molecule has 0 aliphatic heterocycles. The van der Waals surface area contributed by atoms with E-state index in [4.69, 9.17) is 9.47 Å². The summed E-state index contributed by atoms with van der Waals surface area (Å²) in [6.45, 7) is 5.95. The van der Waals surface area contributed by atoms with Crippen molar-refractivity contribution in [2.75, 3.05) is 13.2 Å². The predicted octanol–water partition coefficient (Wildman–Crippen LogP) is 2.09. The first kappa shape index (κ1) is 14.7. The highest BCUT2D eigenvalue weighted by Gasteiger charge is 2.26. The smallest absolute Gasteiger partial charge is 0.324 e. The summed E-state index contributed by atoms with van der Waals surface area (Å²) in [6, 6.07) is 0. The Hall–Kier alpha value is -1.32. The predicted molar refractivity (Wildman–Crippen MR) is 60.8 cm³/mol. The van der Waals surface area contributed by atoms with Gasteiger partial charge in [0, 0.05) is 0 Å². The van der Waals surface area contributed by atoms with Gasteiger partial charge in [-0.05, 0) is 20.3 Å². The van der Waals surface area contributed by atoms with Crippen molar-refractivity contribution in [3.05, 3.63) is 12.2 Å². The first-order valence-corrected chi connectivity index (χ1v) is 5.67. The number of esters is 2. The molecule has 16 heavy (non-hydrogen) atoms. The van der Waals surface area contributed by atoms with Crippen LogP contribution in [0.25, 0.3) is 0 Å². The van der Waals surface area contributed by atoms with E-state index < -0.39 is 17.9 Å². The summed E-state index contributed by atoms with van der Waals surface area (Å²) in [7, 11) is 0. The van der Waals surface area contributed by atoms with Crippen LogP contribution in [0.15, 0.2) is 12.2 Å². The Labute approximate surface area is 96.6 Å². The van der Waals surface area contributed by atoms with Crippen LogP contribution in [0, 0.1) is 5.92 Å². The quantitative estimate of drug-likeness (QED) is 0.380. The molecule has 0 aromatic heterocycles. The van der Waals surface area contributed by atoms with Gasteiger partial charge in [0.1, 0.15) is 0 Å². The van der Waals surface area contributed by atoms with Crippen molar-refractivity contribution in [3.63, 3.8) is 0 Å². The number of rotatable bonds is 7. The van der Waals surface area contributed by atoms with Crippen LogP contribution < -0.4 is 0 Å². The van der Waals surface area contributed by atoms with Crippen LogP contribution in [0.5, 0.6) is 0 Å². The zero-order valence-corrected chi connectivity index (χ0v) is 10.2. The van der Waals surface area contributed by atoms with Crippen molar-refractivity contribution in [1.29, 1.82) is 0 Å². The summed E-state index contributed by atoms with van der Waals surface area (Å²) >= 11 is 0. The molecule has 0 saturated heterocycles. The van der Waals surface area contributed by atoms with Gasteiger partial charge in [-0.1, -0.05) is 25.5 Å². The maximum absolute atomic E-state index is 11.5. The summed E-state index contributed by atoms with van der Waals surface area (Å²) in [5.41, 5.74) is 0. The standard InChI is InChI=1S/C12H20O4/c1-4-7-8-9-10(11(13)15-5-2)12(14)16-6-3/h8-10H,4-7H2,1-3H3. The van der Waals surface area contributed by atoms with E-state index in [1.165, 1.54) is 0 Å². The van der Waals surface area contributed by atoms with E-state index in [1.54, 1.807) is 26.0 Å². The number of carbonyl (C=O) groups is 2. The maximum Gasteiger partial charge on any atom is 0.324 e. The average Bonchev–Trinajstić information content (AvgIpc) is 2.25. The van der Waals surface area contributed by atoms with Gasteiger partial charge < -0.3 is 9.47 Å². The van der Waals surface area contributed by atoms with Crippen molar-refractivity contribution in [2.24, 2.45) is 5.92 Å². The lowest BCUT2D eigenvalue weighted by Crippen LogP contribution is -2.26. The lowest BCUT2D eigenvalue weighted by molar-refractivity contribution is -0.158. The summed E-state index contributed by atoms with van der Waals surface area (Å²) in [5, 5.41) is 0. The first-order chi connectivity index (χ1) is 7.67. The number of hydrogen-bond donors (Lipinski definition) is 0. The average molecular weight is 228 g/mol. The fourth-order valence-corrected chi connectivity index (χ4v) is 1.12. The third-order valence-corrected chi connectivity index (χ3v) is 1.86. The summed E-state index contributed by atoms with van der Waals surface area (Å²) < 4.78 is 9.62. The molecule has 0 heterocycles. The lowest BCUT2D eigenvalue weighted by Gasteiger charge is -2.10. The molecule has 0 aromatic rings. The molecule has 0 amide bonds. The SMILES string of the molecule is CCCC=CC(C(=O)OCC)C(=O)OCC. The van der Waals surface area contributed by atoms with E-state index in [1.807, 2.05) is 6.92 Å². The van der Waals surface area contributed by atoms with Gasteiger partial charge in [0.2, 0.25) is 0 Å². The molecule has 92 valence electrons. The van der Waals surface area contributed by atoms with E-state index in [0.29, 0.717) is 0 Å². The van der Waals surface area contributed by atoms with Crippen molar-refractivity contribution in [3.8, 4) is 0 Å². The fourth-order valence-electron chi connectivity index (χ4n) is 1.12. The third kappa shape index (κ3) is 5.53. The third-order valence-electron chi connectivity index (χ3n) is 1.86. The van der Waals surface area contributed by atoms with Gasteiger partial charge in [0.15, 0.2) is 5.92 Å². The molecule has 0 unspecified atom stereocenters. The number of hydrogen-bond acceptors (Lipinski definition) is 4. The van der Waals surface area contributed by atoms with Crippen LogP contribution in [0.2, 0.25) is 0 Å². The Morgan fingerprint density at radius 3 is 1.94 bits per heavy atom. The summed E-state index contributed by atoms with van der Waals surface area (Å²) in [5.74, 6) is -2.02. The molecule has 0 aliphatic carbocycles. The molecule has 0 spiro atoms. The Bertz CT molecular complexity index is 227. The Balaban J connectivity index is 4.49. The van der Waals surface area contributed by atoms with E-state index in [0.717, 1.165) is 12.8 Å². The Kier molecular flexibility index (Phi) is 8.21. The summed E-state index contributed by atoms with van der Waals surface area (Å²) in [6.07, 6.45) is 5.15. The Morgan fingerprint density at radius 2 is 1.56 bits per heavy atom. The van der Waals surface area contributed by atoms with Crippen molar-refractivity contribution >= 4 is 11.9 Å². The van der Waals surface area contributed by atoms with E-state index >= 15 is 0 Å². The van der Waals surface area contributed by atoms with Gasteiger partial charge in [-0.3, -0.25) is 9.59 Å². The maximum atomic E-state index is 11.5. The normalized spacial score (nSPS) is 10.8. The highest BCUT2D eigenvalue weighted by Crippen LogP contribution is 2.07. The summed E-state index contributed by atoms with van der Waals surface area (Å²) in [4.78, 5) is 23.0. The van der Waals surface area contributed by atoms with E-state index in [-0.39, 0.29) is 13.2 Å². The van der Waals surface area contributed by atoms with Crippen molar-refractivity contribution < 1.29 is 19.1 Å². The Morgan fingerprint density at radius 1 is 1.06 bits per heavy atom. The lowest BCUT2D eigenvalue weighted by atomic mass is 10.1. The minimum absolute atomic E-state index is 0.260. The number of allylic oxidation sites excluding steroid dienone is 1. The molecule has 0 aromatic carbocycles. The molecule has 0 bridgehead atoms. The molecule has 0 N–H and O–H groups in total. The second-order valence-electron chi connectivity index (χ2n) is 3.20. The minimum atomic E-state index is -0.925. The van der Waals surface area contributed by atoms with Crippen LogP contribution in [0.3, 0.4) is 0 Å². The molecule has 0 atom stereocenters. The van der Waals surface area contributed by atoms with Gasteiger partial charge >= 0.3 is 11.9 Å². The molecule has 0 rings (SSSR count). The fraction of sp³-hybridized carbons (Fsp3) is 0.667. The van der Waals surface area contributed by atoms with Gasteiger partial charge in [0.05, 0.1) is 13.2 Å². The number of unbranched alkanes of at least 4 members (excludes halogenated alkanes) is 1. The first-order valence-electron chi connectivity index (χ1n) is 5.67. The molecular weight excluding hydrogens is 208 g/mol. The van der Waals surface area contributed by atoms with Gasteiger partial charge in [-0.25, -0.2) is 0 Å². The van der Waals surface area contributed by atoms with Gasteiger partial charge in [0.25, 0.3) is 0 Å². The molecule has 0 aliphatic rings. The molecule has 0 fully saturated rings. The largest absolute Gasteiger partial charge is 0.465 e. The molecule has 4 nitrogen and oxygen atoms in total. The second kappa shape index (κ2) is 8.95. The molecule has 0 radical (unpaired) electrons. The van der Waals surface area contributed by atoms with E-state index in [9.17, 15) is 9.59 Å². The van der Waals surface area contributed by atoms with Crippen LogP contribution in [0.4, 0.5) is 0 Å². The zero-order chi connectivity index (χ0) is 12.4. The molecule has 0 saturated carbocycles. The monoisotopic (exact) mass is 228 g/mol. The van der Waals surface area contributed by atoms with Gasteiger partial charge in [-0.2, -0.15) is 0 Å². The van der Waals surface area contributed by atoms with Crippen molar-refractivity contribution in [1.82, 2.24) is 0 Å². The van der Waals surface area contributed by atoms with Crippen LogP contribution in [-0.2, 0) is 19.1 Å². The zero-order valence-electron chi connectivity index (χ0n) is 10.2. The number of carbonyl (C=O) groups excluding carboxylic acids is 2. The second-order valence-corrected chi connectivity index (χ2v) is 3.20. The van der Waals surface area contributed by atoms with Crippen LogP contribution >= 0.6 is 0 Å². The topological polar surface area (TPSA) is 52.6 Å². The van der Waals surface area contributed by atoms with Crippen LogP contribution in [0.1, 0.15) is 33.6 Å². The minimum Gasteiger partial charge on any atom is -0.465 e. The van der Waals surface area contributed by atoms with E-state index in [2.05, 4.69) is 0 Å². The molecular formula is C12H20O4.